The minimum Gasteiger partial charge on any atom is -0.383 e. The summed E-state index contributed by atoms with van der Waals surface area (Å²) in [6.07, 6.45) is 5.59. The predicted octanol–water partition coefficient (Wildman–Crippen LogP) is 1.47. The lowest BCUT2D eigenvalue weighted by Gasteiger charge is -2.26. The SMILES string of the molecule is N#CC1(NC(=O)CSc2nc(N)cc(N)n2)CCCCCC1. The summed E-state index contributed by atoms with van der Waals surface area (Å²) in [5.74, 6) is 0.477. The fourth-order valence-electron chi connectivity index (χ4n) is 2.56. The Bertz CT molecular complexity index is 557. The molecule has 1 saturated carbocycles. The quantitative estimate of drug-likeness (QED) is 0.435. The van der Waals surface area contributed by atoms with E-state index in [-0.39, 0.29) is 23.3 Å². The molecule has 2 rings (SSSR count). The Morgan fingerprint density at radius 2 is 1.86 bits per heavy atom. The summed E-state index contributed by atoms with van der Waals surface area (Å²) >= 11 is 1.16. The van der Waals surface area contributed by atoms with E-state index in [4.69, 9.17) is 11.5 Å². The van der Waals surface area contributed by atoms with Crippen LogP contribution in [0.3, 0.4) is 0 Å². The van der Waals surface area contributed by atoms with Gasteiger partial charge < -0.3 is 16.8 Å². The number of aromatic nitrogens is 2. The maximum Gasteiger partial charge on any atom is 0.231 e. The molecule has 0 atom stereocenters. The number of nitrogens with zero attached hydrogens (tertiary/aromatic N) is 3. The number of rotatable bonds is 4. The monoisotopic (exact) mass is 320 g/mol. The second-order valence-electron chi connectivity index (χ2n) is 5.45. The van der Waals surface area contributed by atoms with Gasteiger partial charge in [-0.25, -0.2) is 9.97 Å². The summed E-state index contributed by atoms with van der Waals surface area (Å²) in [6, 6.07) is 3.75. The van der Waals surface area contributed by atoms with Crippen LogP contribution in [0.15, 0.2) is 11.2 Å². The van der Waals surface area contributed by atoms with Crippen LogP contribution in [-0.2, 0) is 4.79 Å². The van der Waals surface area contributed by atoms with Crippen LogP contribution in [0, 0.1) is 11.3 Å². The molecule has 5 N–H and O–H groups in total. The molecule has 1 fully saturated rings. The number of thioether (sulfide) groups is 1. The lowest BCUT2D eigenvalue weighted by atomic mass is 9.92. The van der Waals surface area contributed by atoms with Crippen molar-refractivity contribution in [2.45, 2.75) is 49.2 Å². The number of nitrogens with two attached hydrogens (primary N) is 2. The van der Waals surface area contributed by atoms with Crippen LogP contribution in [0.25, 0.3) is 0 Å². The highest BCUT2D eigenvalue weighted by atomic mass is 32.2. The molecule has 7 nitrogen and oxygen atoms in total. The Kier molecular flexibility index (Phi) is 5.44. The van der Waals surface area contributed by atoms with Gasteiger partial charge in [-0.1, -0.05) is 37.4 Å². The molecule has 0 aliphatic heterocycles. The minimum absolute atomic E-state index is 0.131. The number of hydrogen-bond acceptors (Lipinski definition) is 7. The van der Waals surface area contributed by atoms with Gasteiger partial charge in [0.1, 0.15) is 17.2 Å². The van der Waals surface area contributed by atoms with Gasteiger partial charge in [0.2, 0.25) is 5.91 Å². The molecular formula is C14H20N6OS. The first-order chi connectivity index (χ1) is 10.5. The van der Waals surface area contributed by atoms with Crippen LogP contribution < -0.4 is 16.8 Å². The number of nitrogen functional groups attached to an aromatic ring is 2. The van der Waals surface area contributed by atoms with Gasteiger partial charge in [0.15, 0.2) is 5.16 Å². The van der Waals surface area contributed by atoms with Gasteiger partial charge >= 0.3 is 0 Å². The van der Waals surface area contributed by atoms with E-state index in [0.717, 1.165) is 37.4 Å². The van der Waals surface area contributed by atoms with E-state index >= 15 is 0 Å². The number of hydrogen-bond donors (Lipinski definition) is 3. The molecule has 1 heterocycles. The van der Waals surface area contributed by atoms with Gasteiger partial charge in [0.05, 0.1) is 11.8 Å². The van der Waals surface area contributed by atoms with Crippen molar-refractivity contribution in [1.82, 2.24) is 15.3 Å². The van der Waals surface area contributed by atoms with Crippen molar-refractivity contribution in [3.05, 3.63) is 6.07 Å². The van der Waals surface area contributed by atoms with Crippen molar-refractivity contribution < 1.29 is 4.79 Å². The molecule has 0 bridgehead atoms. The fraction of sp³-hybridized carbons (Fsp3) is 0.571. The summed E-state index contributed by atoms with van der Waals surface area (Å²) in [4.78, 5) is 20.1. The van der Waals surface area contributed by atoms with Crippen molar-refractivity contribution in [1.29, 1.82) is 5.26 Å². The van der Waals surface area contributed by atoms with Crippen molar-refractivity contribution in [3.63, 3.8) is 0 Å². The molecule has 0 saturated heterocycles. The van der Waals surface area contributed by atoms with Crippen LogP contribution in [0.1, 0.15) is 38.5 Å². The molecule has 1 aliphatic carbocycles. The minimum atomic E-state index is -0.732. The van der Waals surface area contributed by atoms with Crippen LogP contribution in [0.2, 0.25) is 0 Å². The maximum absolute atomic E-state index is 12.1. The number of carbonyl (C=O) groups is 1. The second kappa shape index (κ2) is 7.31. The molecule has 22 heavy (non-hydrogen) atoms. The van der Waals surface area contributed by atoms with Crippen molar-refractivity contribution >= 4 is 29.3 Å². The highest BCUT2D eigenvalue weighted by molar-refractivity contribution is 7.99. The summed E-state index contributed by atoms with van der Waals surface area (Å²) in [5.41, 5.74) is 10.4. The van der Waals surface area contributed by atoms with Gasteiger partial charge in [-0.2, -0.15) is 5.26 Å². The lowest BCUT2D eigenvalue weighted by Crippen LogP contribution is -2.47. The third-order valence-electron chi connectivity index (χ3n) is 3.63. The van der Waals surface area contributed by atoms with Crippen LogP contribution in [0.4, 0.5) is 11.6 Å². The van der Waals surface area contributed by atoms with Gasteiger partial charge in [0, 0.05) is 6.07 Å². The van der Waals surface area contributed by atoms with Crippen LogP contribution in [0.5, 0.6) is 0 Å². The first-order valence-corrected chi connectivity index (χ1v) is 8.27. The third-order valence-corrected chi connectivity index (χ3v) is 4.47. The van der Waals surface area contributed by atoms with Crippen molar-refractivity contribution in [3.8, 4) is 6.07 Å². The molecule has 0 unspecified atom stereocenters. The van der Waals surface area contributed by atoms with E-state index in [1.807, 2.05) is 0 Å². The molecule has 118 valence electrons. The third kappa shape index (κ3) is 4.49. The summed E-state index contributed by atoms with van der Waals surface area (Å²) in [7, 11) is 0. The number of nitrogens with one attached hydrogen (secondary N) is 1. The first-order valence-electron chi connectivity index (χ1n) is 7.28. The zero-order valence-electron chi connectivity index (χ0n) is 12.3. The molecule has 1 aromatic heterocycles. The zero-order valence-corrected chi connectivity index (χ0v) is 13.2. The molecule has 1 amide bonds. The standard InChI is InChI=1S/C14H20N6OS/c15-9-14(5-3-1-2-4-6-14)20-12(21)8-22-13-18-10(16)7-11(17)19-13/h7H,1-6,8H2,(H,20,21)(H4,16,17,18,19). The predicted molar refractivity (Wildman–Crippen MR) is 85.8 cm³/mol. The molecule has 1 aromatic rings. The van der Waals surface area contributed by atoms with E-state index in [1.165, 1.54) is 6.07 Å². The molecule has 0 spiro atoms. The second-order valence-corrected chi connectivity index (χ2v) is 6.39. The highest BCUT2D eigenvalue weighted by Gasteiger charge is 2.32. The Hall–Kier alpha value is -2.01. The van der Waals surface area contributed by atoms with Gasteiger partial charge in [-0.05, 0) is 12.8 Å². The van der Waals surface area contributed by atoms with Crippen molar-refractivity contribution in [2.75, 3.05) is 17.2 Å². The van der Waals surface area contributed by atoms with Gasteiger partial charge in [-0.15, -0.1) is 0 Å². The molecule has 8 heteroatoms. The van der Waals surface area contributed by atoms with Crippen LogP contribution >= 0.6 is 11.8 Å². The highest BCUT2D eigenvalue weighted by Crippen LogP contribution is 2.27. The molecular weight excluding hydrogens is 300 g/mol. The summed E-state index contributed by atoms with van der Waals surface area (Å²) < 4.78 is 0. The number of anilines is 2. The lowest BCUT2D eigenvalue weighted by molar-refractivity contribution is -0.120. The van der Waals surface area contributed by atoms with E-state index in [2.05, 4.69) is 21.4 Å². The van der Waals surface area contributed by atoms with Crippen LogP contribution in [-0.4, -0.2) is 27.2 Å². The zero-order chi connectivity index (χ0) is 16.0. The Morgan fingerprint density at radius 1 is 1.27 bits per heavy atom. The molecule has 0 radical (unpaired) electrons. The normalized spacial score (nSPS) is 17.2. The number of carbonyl (C=O) groups excluding carboxylic acids is 1. The largest absolute Gasteiger partial charge is 0.383 e. The number of nitriles is 1. The van der Waals surface area contributed by atoms with Crippen molar-refractivity contribution in [2.24, 2.45) is 0 Å². The summed E-state index contributed by atoms with van der Waals surface area (Å²) in [5, 5.41) is 12.7. The Balaban J connectivity index is 1.93. The fourth-order valence-corrected chi connectivity index (χ4v) is 3.23. The smallest absolute Gasteiger partial charge is 0.231 e. The van der Waals surface area contributed by atoms with Gasteiger partial charge in [0.25, 0.3) is 0 Å². The average Bonchev–Trinajstić information content (AvgIpc) is 2.70. The molecule has 0 aromatic carbocycles. The molecule has 1 aliphatic rings. The summed E-state index contributed by atoms with van der Waals surface area (Å²) in [6.45, 7) is 0. The average molecular weight is 320 g/mol. The van der Waals surface area contributed by atoms with E-state index in [1.54, 1.807) is 0 Å². The van der Waals surface area contributed by atoms with E-state index in [0.29, 0.717) is 18.0 Å². The van der Waals surface area contributed by atoms with Gasteiger partial charge in [-0.3, -0.25) is 4.79 Å². The number of amides is 1. The Morgan fingerprint density at radius 3 is 2.41 bits per heavy atom. The van der Waals surface area contributed by atoms with E-state index in [9.17, 15) is 10.1 Å². The topological polar surface area (TPSA) is 131 Å². The van der Waals surface area contributed by atoms with E-state index < -0.39 is 5.54 Å². The maximum atomic E-state index is 12.1. The Labute approximate surface area is 133 Å². The first kappa shape index (κ1) is 16.4.